The van der Waals surface area contributed by atoms with Crippen molar-refractivity contribution in [1.29, 1.82) is 0 Å². The van der Waals surface area contributed by atoms with E-state index in [0.29, 0.717) is 28.6 Å². The zero-order valence-corrected chi connectivity index (χ0v) is 17.4. The molecule has 29 heavy (non-hydrogen) atoms. The molecule has 0 saturated heterocycles. The summed E-state index contributed by atoms with van der Waals surface area (Å²) in [6.07, 6.45) is 1.38. The van der Waals surface area contributed by atoms with Gasteiger partial charge in [0.25, 0.3) is 0 Å². The first kappa shape index (κ1) is 20.5. The molecule has 1 aromatic heterocycles. The number of hydrogen-bond donors (Lipinski definition) is 2. The average Bonchev–Trinajstić information content (AvgIpc) is 3.15. The Morgan fingerprint density at radius 1 is 1.07 bits per heavy atom. The summed E-state index contributed by atoms with van der Waals surface area (Å²) in [6, 6.07) is 14.8. The van der Waals surface area contributed by atoms with E-state index in [0.717, 1.165) is 5.56 Å². The number of ether oxygens (including phenoxy) is 1. The Balaban J connectivity index is 1.84. The van der Waals surface area contributed by atoms with Crippen LogP contribution in [0, 0.1) is 5.41 Å². The Hall–Kier alpha value is -3.19. The predicted octanol–water partition coefficient (Wildman–Crippen LogP) is 5.80. The lowest BCUT2D eigenvalue weighted by molar-refractivity contribution is -0.117. The minimum Gasteiger partial charge on any atom is -0.409 e. The Morgan fingerprint density at radius 3 is 2.48 bits per heavy atom. The van der Waals surface area contributed by atoms with E-state index in [1.165, 1.54) is 11.3 Å². The number of thiazole rings is 1. The molecule has 2 N–H and O–H groups in total. The highest BCUT2D eigenvalue weighted by atomic mass is 32.1. The Morgan fingerprint density at radius 2 is 1.83 bits per heavy atom. The number of benzene rings is 2. The first-order chi connectivity index (χ1) is 13.8. The number of carbonyl (C=O) groups is 2. The molecule has 0 aliphatic heterocycles. The number of nitrogens with one attached hydrogen (secondary N) is 2. The second-order valence-corrected chi connectivity index (χ2v) is 8.61. The summed E-state index contributed by atoms with van der Waals surface area (Å²) in [7, 11) is 0. The normalized spacial score (nSPS) is 11.0. The lowest BCUT2D eigenvalue weighted by atomic mass is 9.92. The van der Waals surface area contributed by atoms with Crippen LogP contribution < -0.4 is 15.4 Å². The van der Waals surface area contributed by atoms with E-state index in [1.807, 2.05) is 57.2 Å². The van der Waals surface area contributed by atoms with Crippen LogP contribution in [0.1, 0.15) is 27.2 Å². The molecular weight excluding hydrogens is 386 g/mol. The molecule has 3 rings (SSSR count). The van der Waals surface area contributed by atoms with Crippen LogP contribution in [0.15, 0.2) is 60.1 Å². The maximum atomic E-state index is 12.3. The summed E-state index contributed by atoms with van der Waals surface area (Å²) < 4.78 is 5.52. The van der Waals surface area contributed by atoms with E-state index in [1.54, 1.807) is 23.7 Å². The van der Waals surface area contributed by atoms with Gasteiger partial charge in [-0.1, -0.05) is 51.1 Å². The standard InChI is InChI=1S/C22H23N3O3S/c1-22(2,3)14-19(26)24-16-9-10-18(17(13-16)15-7-5-4-6-8-15)28-21(27)25-20-23-11-12-29-20/h4-13H,14H2,1-3H3,(H,24,26)(H,23,25,27). The van der Waals surface area contributed by atoms with E-state index in [2.05, 4.69) is 15.6 Å². The predicted molar refractivity (Wildman–Crippen MR) is 116 cm³/mol. The van der Waals surface area contributed by atoms with Crippen LogP contribution in [0.3, 0.4) is 0 Å². The van der Waals surface area contributed by atoms with Crippen molar-refractivity contribution in [1.82, 2.24) is 4.98 Å². The number of carbonyl (C=O) groups excluding carboxylic acids is 2. The van der Waals surface area contributed by atoms with Gasteiger partial charge in [0.15, 0.2) is 5.13 Å². The lowest BCUT2D eigenvalue weighted by Gasteiger charge is -2.18. The first-order valence-corrected chi connectivity index (χ1v) is 10.1. The number of amides is 2. The van der Waals surface area contributed by atoms with Crippen LogP contribution in [0.4, 0.5) is 15.6 Å². The van der Waals surface area contributed by atoms with Gasteiger partial charge in [0.1, 0.15) is 5.75 Å². The van der Waals surface area contributed by atoms with Crippen molar-refractivity contribution in [3.05, 3.63) is 60.1 Å². The van der Waals surface area contributed by atoms with Gasteiger partial charge in [0.05, 0.1) is 0 Å². The zero-order valence-electron chi connectivity index (χ0n) is 16.6. The van der Waals surface area contributed by atoms with Crippen molar-refractivity contribution in [2.24, 2.45) is 5.41 Å². The molecule has 0 bridgehead atoms. The minimum atomic E-state index is -0.623. The summed E-state index contributed by atoms with van der Waals surface area (Å²) in [5.41, 5.74) is 2.11. The van der Waals surface area contributed by atoms with Crippen molar-refractivity contribution in [2.45, 2.75) is 27.2 Å². The van der Waals surface area contributed by atoms with Crippen LogP contribution in [0.5, 0.6) is 5.75 Å². The third-order valence-electron chi connectivity index (χ3n) is 3.88. The van der Waals surface area contributed by atoms with E-state index in [-0.39, 0.29) is 11.3 Å². The van der Waals surface area contributed by atoms with Gasteiger partial charge in [-0.3, -0.25) is 10.1 Å². The number of nitrogens with zero attached hydrogens (tertiary/aromatic N) is 1. The van der Waals surface area contributed by atoms with Crippen LogP contribution in [0.2, 0.25) is 0 Å². The molecule has 2 amide bonds. The van der Waals surface area contributed by atoms with E-state index < -0.39 is 6.09 Å². The van der Waals surface area contributed by atoms with Crippen molar-refractivity contribution in [3.63, 3.8) is 0 Å². The van der Waals surface area contributed by atoms with Crippen LogP contribution >= 0.6 is 11.3 Å². The summed E-state index contributed by atoms with van der Waals surface area (Å²) in [4.78, 5) is 28.6. The molecule has 0 spiro atoms. The molecule has 0 aliphatic carbocycles. The van der Waals surface area contributed by atoms with E-state index in [9.17, 15) is 9.59 Å². The summed E-state index contributed by atoms with van der Waals surface area (Å²) in [5, 5.41) is 7.74. The molecule has 0 radical (unpaired) electrons. The fourth-order valence-electron chi connectivity index (χ4n) is 2.72. The van der Waals surface area contributed by atoms with Gasteiger partial charge in [0, 0.05) is 29.2 Å². The van der Waals surface area contributed by atoms with Gasteiger partial charge in [-0.25, -0.2) is 9.78 Å². The largest absolute Gasteiger partial charge is 0.418 e. The van der Waals surface area contributed by atoms with Crippen LogP contribution in [-0.2, 0) is 4.79 Å². The van der Waals surface area contributed by atoms with Crippen molar-refractivity contribution >= 4 is 34.2 Å². The first-order valence-electron chi connectivity index (χ1n) is 9.18. The van der Waals surface area contributed by atoms with Crippen LogP contribution in [-0.4, -0.2) is 17.0 Å². The molecule has 0 aliphatic rings. The Kier molecular flexibility index (Phi) is 6.29. The van der Waals surface area contributed by atoms with E-state index in [4.69, 9.17) is 4.74 Å². The topological polar surface area (TPSA) is 80.3 Å². The summed E-state index contributed by atoms with van der Waals surface area (Å²) in [5.74, 6) is 0.325. The molecule has 0 unspecified atom stereocenters. The minimum absolute atomic E-state index is 0.0632. The third-order valence-corrected chi connectivity index (χ3v) is 4.57. The lowest BCUT2D eigenvalue weighted by Crippen LogP contribution is -2.20. The molecule has 150 valence electrons. The Bertz CT molecular complexity index is 980. The maximum Gasteiger partial charge on any atom is 0.418 e. The second kappa shape index (κ2) is 8.87. The fraction of sp³-hybridized carbons (Fsp3) is 0.227. The molecule has 1 heterocycles. The SMILES string of the molecule is CC(C)(C)CC(=O)Nc1ccc(OC(=O)Nc2nccs2)c(-c2ccccc2)c1. The monoisotopic (exact) mass is 409 g/mol. The number of rotatable bonds is 5. The van der Waals surface area contributed by atoms with Gasteiger partial charge in [0.2, 0.25) is 5.91 Å². The highest BCUT2D eigenvalue weighted by molar-refractivity contribution is 7.13. The highest BCUT2D eigenvalue weighted by Gasteiger charge is 2.17. The molecule has 0 fully saturated rings. The summed E-state index contributed by atoms with van der Waals surface area (Å²) in [6.45, 7) is 6.04. The maximum absolute atomic E-state index is 12.3. The smallest absolute Gasteiger partial charge is 0.409 e. The molecule has 7 heteroatoms. The van der Waals surface area contributed by atoms with Gasteiger partial charge >= 0.3 is 6.09 Å². The molecule has 0 saturated carbocycles. The fourth-order valence-corrected chi connectivity index (χ4v) is 3.24. The molecule has 0 atom stereocenters. The van der Waals surface area contributed by atoms with Crippen LogP contribution in [0.25, 0.3) is 11.1 Å². The van der Waals surface area contributed by atoms with Gasteiger partial charge in [-0.15, -0.1) is 11.3 Å². The van der Waals surface area contributed by atoms with E-state index >= 15 is 0 Å². The average molecular weight is 410 g/mol. The highest BCUT2D eigenvalue weighted by Crippen LogP contribution is 2.33. The molecule has 6 nitrogen and oxygen atoms in total. The quantitative estimate of drug-likeness (QED) is 0.558. The van der Waals surface area contributed by atoms with Crippen molar-refractivity contribution in [2.75, 3.05) is 10.6 Å². The van der Waals surface area contributed by atoms with Crippen molar-refractivity contribution < 1.29 is 14.3 Å². The molecular formula is C22H23N3O3S. The number of aromatic nitrogens is 1. The van der Waals surface area contributed by atoms with Gasteiger partial charge in [-0.2, -0.15) is 0 Å². The molecule has 2 aromatic carbocycles. The number of anilines is 2. The number of hydrogen-bond acceptors (Lipinski definition) is 5. The molecule has 3 aromatic rings. The van der Waals surface area contributed by atoms with Gasteiger partial charge < -0.3 is 10.1 Å². The van der Waals surface area contributed by atoms with Crippen molar-refractivity contribution in [3.8, 4) is 16.9 Å². The second-order valence-electron chi connectivity index (χ2n) is 7.71. The Labute approximate surface area is 173 Å². The third kappa shape index (κ3) is 6.15. The zero-order chi connectivity index (χ0) is 20.9. The van der Waals surface area contributed by atoms with Gasteiger partial charge in [-0.05, 0) is 29.2 Å². The summed E-state index contributed by atoms with van der Waals surface area (Å²) >= 11 is 1.31.